The van der Waals surface area contributed by atoms with Crippen molar-refractivity contribution in [1.82, 2.24) is 0 Å². The Balaban J connectivity index is 2.65. The molecule has 68 valence electrons. The maximum absolute atomic E-state index is 12.7. The minimum atomic E-state index is -0.298. The van der Waals surface area contributed by atoms with Crippen molar-refractivity contribution >= 4 is 17.4 Å². The maximum Gasteiger partial charge on any atom is 0.124 e. The molecule has 2 nitrogen and oxygen atoms in total. The van der Waals surface area contributed by atoms with Crippen LogP contribution >= 0.6 is 11.8 Å². The van der Waals surface area contributed by atoms with Gasteiger partial charge in [0.15, 0.2) is 0 Å². The molecule has 4 heteroatoms. The third kappa shape index (κ3) is 2.96. The van der Waals surface area contributed by atoms with Gasteiger partial charge in [-0.3, -0.25) is 0 Å². The van der Waals surface area contributed by atoms with E-state index in [-0.39, 0.29) is 5.82 Å². The van der Waals surface area contributed by atoms with Gasteiger partial charge >= 0.3 is 0 Å². The van der Waals surface area contributed by atoms with Crippen molar-refractivity contribution in [2.24, 2.45) is 0 Å². The summed E-state index contributed by atoms with van der Waals surface area (Å²) in [7, 11) is 0. The van der Waals surface area contributed by atoms with Gasteiger partial charge in [0.2, 0.25) is 0 Å². The van der Waals surface area contributed by atoms with E-state index in [1.807, 2.05) is 6.07 Å². The molecule has 0 amide bonds. The van der Waals surface area contributed by atoms with Gasteiger partial charge in [-0.1, -0.05) is 0 Å². The van der Waals surface area contributed by atoms with Crippen molar-refractivity contribution in [3.63, 3.8) is 0 Å². The van der Waals surface area contributed by atoms with Gasteiger partial charge in [0.25, 0.3) is 0 Å². The second-order valence-corrected chi connectivity index (χ2v) is 3.58. The summed E-state index contributed by atoms with van der Waals surface area (Å²) in [5.41, 5.74) is 6.16. The summed E-state index contributed by atoms with van der Waals surface area (Å²) in [6.45, 7) is 0. The topological polar surface area (TPSA) is 49.8 Å². The summed E-state index contributed by atoms with van der Waals surface area (Å²) < 4.78 is 12.7. The smallest absolute Gasteiger partial charge is 0.124 e. The average Bonchev–Trinajstić information content (AvgIpc) is 2.11. The highest BCUT2D eigenvalue weighted by Crippen LogP contribution is 2.25. The van der Waals surface area contributed by atoms with E-state index in [9.17, 15) is 4.39 Å². The Labute approximate surface area is 80.5 Å². The van der Waals surface area contributed by atoms with Gasteiger partial charge in [0, 0.05) is 22.8 Å². The van der Waals surface area contributed by atoms with Crippen molar-refractivity contribution in [3.8, 4) is 6.07 Å². The summed E-state index contributed by atoms with van der Waals surface area (Å²) >= 11 is 1.40. The third-order valence-electron chi connectivity index (χ3n) is 1.45. The van der Waals surface area contributed by atoms with Crippen LogP contribution in [0.2, 0.25) is 0 Å². The number of nitriles is 1. The van der Waals surface area contributed by atoms with Crippen molar-refractivity contribution in [3.05, 3.63) is 24.0 Å². The van der Waals surface area contributed by atoms with Crippen LogP contribution in [0.4, 0.5) is 10.1 Å². The molecule has 0 unspecified atom stereocenters. The zero-order valence-electron chi connectivity index (χ0n) is 6.96. The fourth-order valence-corrected chi connectivity index (χ4v) is 1.68. The van der Waals surface area contributed by atoms with Crippen LogP contribution in [0.15, 0.2) is 23.1 Å². The van der Waals surface area contributed by atoms with Crippen LogP contribution in [-0.4, -0.2) is 5.75 Å². The van der Waals surface area contributed by atoms with E-state index in [4.69, 9.17) is 11.0 Å². The van der Waals surface area contributed by atoms with Gasteiger partial charge in [0.1, 0.15) is 5.82 Å². The van der Waals surface area contributed by atoms with E-state index in [0.717, 1.165) is 0 Å². The van der Waals surface area contributed by atoms with Crippen molar-refractivity contribution in [2.75, 3.05) is 11.5 Å². The average molecular weight is 196 g/mol. The molecule has 1 rings (SSSR count). The highest BCUT2D eigenvalue weighted by molar-refractivity contribution is 7.99. The molecule has 0 spiro atoms. The summed E-state index contributed by atoms with van der Waals surface area (Å²) in [6, 6.07) is 6.26. The Morgan fingerprint density at radius 2 is 2.31 bits per heavy atom. The largest absolute Gasteiger partial charge is 0.398 e. The Bertz CT molecular complexity index is 333. The fourth-order valence-electron chi connectivity index (χ4n) is 0.840. The molecule has 0 saturated carbocycles. The number of nitrogens with zero attached hydrogens (tertiary/aromatic N) is 1. The number of nitrogens with two attached hydrogens (primary N) is 1. The highest BCUT2D eigenvalue weighted by Gasteiger charge is 2.00. The predicted octanol–water partition coefficient (Wildman–Crippen LogP) is 2.41. The van der Waals surface area contributed by atoms with Crippen molar-refractivity contribution in [2.45, 2.75) is 11.3 Å². The van der Waals surface area contributed by atoms with E-state index in [0.29, 0.717) is 22.8 Å². The van der Waals surface area contributed by atoms with Gasteiger partial charge in [-0.15, -0.1) is 11.8 Å². The standard InChI is InChI=1S/C9H9FN2S/c10-7-2-3-8(12)9(6-7)13-5-1-4-11/h2-3,6H,1,5,12H2. The zero-order chi connectivity index (χ0) is 9.68. The summed E-state index contributed by atoms with van der Waals surface area (Å²) in [4.78, 5) is 0.704. The van der Waals surface area contributed by atoms with E-state index in [1.165, 1.54) is 30.0 Å². The molecule has 13 heavy (non-hydrogen) atoms. The van der Waals surface area contributed by atoms with E-state index >= 15 is 0 Å². The van der Waals surface area contributed by atoms with Crippen LogP contribution < -0.4 is 5.73 Å². The number of rotatable bonds is 3. The molecule has 1 aromatic rings. The minimum absolute atomic E-state index is 0.298. The molecule has 2 N–H and O–H groups in total. The van der Waals surface area contributed by atoms with Crippen LogP contribution in [0.25, 0.3) is 0 Å². The first-order valence-electron chi connectivity index (χ1n) is 3.79. The van der Waals surface area contributed by atoms with Crippen LogP contribution in [0.1, 0.15) is 6.42 Å². The number of benzene rings is 1. The second kappa shape index (κ2) is 4.73. The van der Waals surface area contributed by atoms with E-state index in [1.54, 1.807) is 0 Å². The molecule has 0 aliphatic rings. The van der Waals surface area contributed by atoms with Crippen molar-refractivity contribution in [1.29, 1.82) is 5.26 Å². The molecule has 0 atom stereocenters. The van der Waals surface area contributed by atoms with Gasteiger partial charge in [0.05, 0.1) is 6.07 Å². The molecule has 0 aliphatic carbocycles. The molecule has 0 bridgehead atoms. The molecule has 0 saturated heterocycles. The quantitative estimate of drug-likeness (QED) is 0.459. The molecule has 0 aromatic heterocycles. The number of thioether (sulfide) groups is 1. The highest BCUT2D eigenvalue weighted by atomic mass is 32.2. The molecule has 0 radical (unpaired) electrons. The number of nitrogen functional groups attached to an aromatic ring is 1. The van der Waals surface area contributed by atoms with Crippen LogP contribution in [0.3, 0.4) is 0 Å². The lowest BCUT2D eigenvalue weighted by molar-refractivity contribution is 0.624. The van der Waals surface area contributed by atoms with Crippen LogP contribution in [0, 0.1) is 17.1 Å². The van der Waals surface area contributed by atoms with Crippen LogP contribution in [-0.2, 0) is 0 Å². The maximum atomic E-state index is 12.7. The first-order chi connectivity index (χ1) is 6.24. The number of halogens is 1. The van der Waals surface area contributed by atoms with Gasteiger partial charge in [-0.05, 0) is 18.2 Å². The number of hydrogen-bond acceptors (Lipinski definition) is 3. The minimum Gasteiger partial charge on any atom is -0.398 e. The summed E-state index contributed by atoms with van der Waals surface area (Å²) in [6.07, 6.45) is 0.445. The molecular formula is C9H9FN2S. The van der Waals surface area contributed by atoms with Crippen LogP contribution in [0.5, 0.6) is 0 Å². The second-order valence-electron chi connectivity index (χ2n) is 2.44. The number of hydrogen-bond donors (Lipinski definition) is 1. The van der Waals surface area contributed by atoms with E-state index < -0.39 is 0 Å². The molecule has 0 heterocycles. The first kappa shape index (κ1) is 9.87. The number of anilines is 1. The monoisotopic (exact) mass is 196 g/mol. The fraction of sp³-hybridized carbons (Fsp3) is 0.222. The molecule has 0 aliphatic heterocycles. The van der Waals surface area contributed by atoms with Gasteiger partial charge in [-0.2, -0.15) is 5.26 Å². The normalized spacial score (nSPS) is 9.54. The summed E-state index contributed by atoms with van der Waals surface area (Å²) in [5.74, 6) is 0.345. The lowest BCUT2D eigenvalue weighted by Gasteiger charge is -2.02. The van der Waals surface area contributed by atoms with Gasteiger partial charge < -0.3 is 5.73 Å². The van der Waals surface area contributed by atoms with Crippen molar-refractivity contribution < 1.29 is 4.39 Å². The Morgan fingerprint density at radius 3 is 3.00 bits per heavy atom. The molecule has 1 aromatic carbocycles. The SMILES string of the molecule is N#CCCSc1cc(F)ccc1N. The zero-order valence-corrected chi connectivity index (χ0v) is 7.77. The molecular weight excluding hydrogens is 187 g/mol. The summed E-state index contributed by atoms with van der Waals surface area (Å²) in [5, 5.41) is 8.30. The third-order valence-corrected chi connectivity index (χ3v) is 2.52. The van der Waals surface area contributed by atoms with Gasteiger partial charge in [-0.25, -0.2) is 4.39 Å². The Morgan fingerprint density at radius 1 is 1.54 bits per heavy atom. The molecule has 0 fully saturated rings. The first-order valence-corrected chi connectivity index (χ1v) is 4.77. The van der Waals surface area contributed by atoms with E-state index in [2.05, 4.69) is 0 Å². The predicted molar refractivity (Wildman–Crippen MR) is 51.8 cm³/mol. The lowest BCUT2D eigenvalue weighted by Crippen LogP contribution is -1.90. The lowest BCUT2D eigenvalue weighted by atomic mass is 10.3. The Hall–Kier alpha value is -1.21. The Kier molecular flexibility index (Phi) is 3.59.